The molecule has 2 aromatic rings. The summed E-state index contributed by atoms with van der Waals surface area (Å²) >= 11 is 0. The summed E-state index contributed by atoms with van der Waals surface area (Å²) in [6, 6.07) is 13.6. The van der Waals surface area contributed by atoms with E-state index in [0.717, 1.165) is 44.9 Å². The number of hydrogen-bond acceptors (Lipinski definition) is 8. The van der Waals surface area contributed by atoms with Gasteiger partial charge in [-0.1, -0.05) is 0 Å². The number of rotatable bonds is 11. The maximum Gasteiger partial charge on any atom is 0.386 e. The molecule has 0 spiro atoms. The third-order valence-electron chi connectivity index (χ3n) is 7.08. The molecule has 2 aromatic carbocycles. The quantitative estimate of drug-likeness (QED) is 0.240. The molecule has 1 fully saturated rings. The monoisotopic (exact) mass is 524 g/mol. The zero-order chi connectivity index (χ0) is 26.7. The summed E-state index contributed by atoms with van der Waals surface area (Å²) in [6.07, 6.45) is 8.29. The lowest BCUT2D eigenvalue weighted by atomic mass is 9.74. The van der Waals surface area contributed by atoms with Gasteiger partial charge in [-0.2, -0.15) is 4.89 Å². The van der Waals surface area contributed by atoms with Crippen LogP contribution < -0.4 is 9.47 Å². The van der Waals surface area contributed by atoms with E-state index in [1.807, 2.05) is 19.9 Å². The van der Waals surface area contributed by atoms with Gasteiger partial charge in [0.1, 0.15) is 17.6 Å². The first-order chi connectivity index (χ1) is 18.6. The van der Waals surface area contributed by atoms with Crippen LogP contribution in [0.2, 0.25) is 0 Å². The molecule has 0 amide bonds. The molecule has 0 bridgehead atoms. The summed E-state index contributed by atoms with van der Waals surface area (Å²) in [5.74, 6) is 2.22. The summed E-state index contributed by atoms with van der Waals surface area (Å²) < 4.78 is 10.8. The fourth-order valence-electron chi connectivity index (χ4n) is 5.00. The number of hydrogen-bond donors (Lipinski definition) is 0. The van der Waals surface area contributed by atoms with Crippen LogP contribution in [0.4, 0.5) is 0 Å². The molecule has 0 radical (unpaired) electrons. The number of allylic oxidation sites excluding steroid dienone is 2. The van der Waals surface area contributed by atoms with Gasteiger partial charge in [0.25, 0.3) is 0 Å². The Bertz CT molecular complexity index is 1070. The molecule has 4 rings (SSSR count). The van der Waals surface area contributed by atoms with Crippen molar-refractivity contribution in [3.05, 3.63) is 71.5 Å². The summed E-state index contributed by atoms with van der Waals surface area (Å²) in [5, 5.41) is 0. The van der Waals surface area contributed by atoms with E-state index < -0.39 is 11.9 Å². The van der Waals surface area contributed by atoms with E-state index in [1.54, 1.807) is 48.5 Å². The van der Waals surface area contributed by atoms with Crippen LogP contribution in [-0.2, 0) is 19.6 Å². The van der Waals surface area contributed by atoms with E-state index in [4.69, 9.17) is 29.0 Å². The Kier molecular flexibility index (Phi) is 10.0. The fraction of sp³-hybridized carbons (Fsp3) is 0.467. The molecule has 0 N–H and O–H groups in total. The topological polar surface area (TPSA) is 89.5 Å². The predicted molar refractivity (Wildman–Crippen MR) is 139 cm³/mol. The van der Waals surface area contributed by atoms with E-state index in [1.165, 1.54) is 0 Å². The van der Waals surface area contributed by atoms with Crippen molar-refractivity contribution in [2.45, 2.75) is 64.9 Å². The largest absolute Gasteiger partial charge is 0.494 e. The summed E-state index contributed by atoms with van der Waals surface area (Å²) in [7, 11) is 0. The lowest BCUT2D eigenvalue weighted by Gasteiger charge is -2.34. The van der Waals surface area contributed by atoms with Gasteiger partial charge in [-0.25, -0.2) is 14.5 Å². The molecular weight excluding hydrogens is 488 g/mol. The number of benzene rings is 2. The molecule has 2 aliphatic carbocycles. The Morgan fingerprint density at radius 2 is 1.26 bits per heavy atom. The van der Waals surface area contributed by atoms with Crippen LogP contribution in [-0.4, -0.2) is 31.3 Å². The highest BCUT2D eigenvalue weighted by Gasteiger charge is 2.30. The zero-order valence-electron chi connectivity index (χ0n) is 22.1. The molecular formula is C30H36O8. The van der Waals surface area contributed by atoms with Gasteiger partial charge in [0.15, 0.2) is 5.76 Å². The van der Waals surface area contributed by atoms with Crippen molar-refractivity contribution in [2.75, 3.05) is 13.2 Å². The number of carbonyl (C=O) groups is 2. The van der Waals surface area contributed by atoms with E-state index in [-0.39, 0.29) is 6.10 Å². The Hall–Kier alpha value is -3.52. The normalized spacial score (nSPS) is 21.1. The van der Waals surface area contributed by atoms with Gasteiger partial charge < -0.3 is 9.47 Å². The molecule has 0 aromatic heterocycles. The summed E-state index contributed by atoms with van der Waals surface area (Å²) in [5.41, 5.74) is 0.839. The molecule has 38 heavy (non-hydrogen) atoms. The van der Waals surface area contributed by atoms with E-state index in [0.29, 0.717) is 53.4 Å². The van der Waals surface area contributed by atoms with Crippen LogP contribution >= 0.6 is 0 Å². The Labute approximate surface area is 223 Å². The number of carbonyl (C=O) groups excluding carboxylic acids is 2. The van der Waals surface area contributed by atoms with Gasteiger partial charge in [0.05, 0.1) is 24.3 Å². The first kappa shape index (κ1) is 27.5. The lowest BCUT2D eigenvalue weighted by Crippen LogP contribution is -2.28. The van der Waals surface area contributed by atoms with Crippen molar-refractivity contribution in [1.82, 2.24) is 0 Å². The van der Waals surface area contributed by atoms with Crippen molar-refractivity contribution >= 4 is 11.9 Å². The van der Waals surface area contributed by atoms with Gasteiger partial charge in [0.2, 0.25) is 0 Å². The van der Waals surface area contributed by atoms with Crippen molar-refractivity contribution in [2.24, 2.45) is 11.8 Å². The maximum atomic E-state index is 12.3. The third-order valence-corrected chi connectivity index (χ3v) is 7.08. The molecule has 1 unspecified atom stereocenters. The van der Waals surface area contributed by atoms with Crippen LogP contribution in [0.15, 0.2) is 60.4 Å². The van der Waals surface area contributed by atoms with Gasteiger partial charge in [0, 0.05) is 6.42 Å². The first-order valence-corrected chi connectivity index (χ1v) is 13.5. The fourth-order valence-corrected chi connectivity index (χ4v) is 5.00. The predicted octanol–water partition coefficient (Wildman–Crippen LogP) is 6.60. The lowest BCUT2D eigenvalue weighted by molar-refractivity contribution is -0.281. The molecule has 8 nitrogen and oxygen atoms in total. The second-order valence-corrected chi connectivity index (χ2v) is 9.58. The van der Waals surface area contributed by atoms with Gasteiger partial charge in [-0.05, 0) is 119 Å². The average molecular weight is 525 g/mol. The van der Waals surface area contributed by atoms with Crippen molar-refractivity contribution in [3.63, 3.8) is 0 Å². The van der Waals surface area contributed by atoms with E-state index >= 15 is 0 Å². The molecule has 0 heterocycles. The highest BCUT2D eigenvalue weighted by atomic mass is 17.2. The Morgan fingerprint density at radius 3 is 1.76 bits per heavy atom. The number of ether oxygens (including phenoxy) is 2. The molecule has 204 valence electrons. The van der Waals surface area contributed by atoms with Gasteiger partial charge in [-0.3, -0.25) is 9.78 Å². The molecule has 0 aliphatic heterocycles. The SMILES string of the molecule is CCOc1ccc(C(=O)OOC2=CCC(C3CCC(OOC(=O)c4ccc(OCC)cc4)CC3)CC2)cc1. The van der Waals surface area contributed by atoms with Gasteiger partial charge in [-0.15, -0.1) is 0 Å². The smallest absolute Gasteiger partial charge is 0.386 e. The van der Waals surface area contributed by atoms with Crippen molar-refractivity contribution in [3.8, 4) is 11.5 Å². The highest BCUT2D eigenvalue weighted by molar-refractivity contribution is 5.89. The highest BCUT2D eigenvalue weighted by Crippen LogP contribution is 2.39. The second-order valence-electron chi connectivity index (χ2n) is 9.58. The summed E-state index contributed by atoms with van der Waals surface area (Å²) in [6.45, 7) is 4.96. The van der Waals surface area contributed by atoms with Crippen LogP contribution in [0, 0.1) is 11.8 Å². The molecule has 0 saturated heterocycles. The molecule has 1 atom stereocenters. The second kappa shape index (κ2) is 13.9. The maximum absolute atomic E-state index is 12.3. The van der Waals surface area contributed by atoms with Gasteiger partial charge >= 0.3 is 11.9 Å². The molecule has 2 aliphatic rings. The minimum absolute atomic E-state index is 0.0852. The average Bonchev–Trinajstić information content (AvgIpc) is 2.96. The molecule has 8 heteroatoms. The Balaban J connectivity index is 1.14. The first-order valence-electron chi connectivity index (χ1n) is 13.5. The third kappa shape index (κ3) is 7.74. The minimum Gasteiger partial charge on any atom is -0.494 e. The van der Waals surface area contributed by atoms with Crippen LogP contribution in [0.25, 0.3) is 0 Å². The van der Waals surface area contributed by atoms with Crippen LogP contribution in [0.5, 0.6) is 11.5 Å². The zero-order valence-corrected chi connectivity index (χ0v) is 22.1. The summed E-state index contributed by atoms with van der Waals surface area (Å²) in [4.78, 5) is 45.5. The van der Waals surface area contributed by atoms with Crippen LogP contribution in [0.1, 0.15) is 79.5 Å². The Morgan fingerprint density at radius 1 is 0.711 bits per heavy atom. The minimum atomic E-state index is -0.530. The van der Waals surface area contributed by atoms with E-state index in [2.05, 4.69) is 0 Å². The van der Waals surface area contributed by atoms with E-state index in [9.17, 15) is 9.59 Å². The molecule has 1 saturated carbocycles. The standard InChI is InChI=1S/C30H36O8/c1-3-33-25-13-9-23(10-14-25)29(31)37-35-27-17-5-21(6-18-27)22-7-19-28(20-8-22)36-38-30(32)24-11-15-26(16-12-24)34-4-2/h9-17,21-22,28H,3-8,18-20H2,1-2H3. The van der Waals surface area contributed by atoms with Crippen LogP contribution in [0.3, 0.4) is 0 Å². The van der Waals surface area contributed by atoms with Crippen molar-refractivity contribution in [1.29, 1.82) is 0 Å². The van der Waals surface area contributed by atoms with Crippen molar-refractivity contribution < 1.29 is 38.6 Å².